The molecule has 5 N–H and O–H groups in total. The van der Waals surface area contributed by atoms with Crippen LogP contribution >= 0.6 is 15.9 Å². The Balaban J connectivity index is 0.742. The Hall–Kier alpha value is -5.47. The lowest BCUT2D eigenvalue weighted by molar-refractivity contribution is -0.136. The van der Waals surface area contributed by atoms with E-state index < -0.39 is 39.7 Å². The molecule has 324 valence electrons. The number of halogens is 1. The van der Waals surface area contributed by atoms with E-state index >= 15 is 0 Å². The number of amides is 6. The zero-order valence-corrected chi connectivity index (χ0v) is 35.9. The first kappa shape index (κ1) is 43.6. The van der Waals surface area contributed by atoms with Gasteiger partial charge in [0.1, 0.15) is 17.6 Å². The van der Waals surface area contributed by atoms with Crippen molar-refractivity contribution in [2.75, 3.05) is 42.6 Å². The Kier molecular flexibility index (Phi) is 13.9. The number of benzene rings is 2. The van der Waals surface area contributed by atoms with E-state index in [9.17, 15) is 37.2 Å². The van der Waals surface area contributed by atoms with Crippen molar-refractivity contribution < 1.29 is 41.9 Å². The molecule has 3 aromatic rings. The quantitative estimate of drug-likeness (QED) is 0.0852. The number of imide groups is 2. The van der Waals surface area contributed by atoms with E-state index in [0.29, 0.717) is 85.8 Å². The third kappa shape index (κ3) is 10.4. The van der Waals surface area contributed by atoms with E-state index in [1.807, 2.05) is 18.2 Å². The summed E-state index contributed by atoms with van der Waals surface area (Å²) in [7, 11) is -3.57. The van der Waals surface area contributed by atoms with Crippen molar-refractivity contribution in [2.24, 2.45) is 0 Å². The Bertz CT molecular complexity index is 2320. The summed E-state index contributed by atoms with van der Waals surface area (Å²) in [5.41, 5.74) is 2.43. The summed E-state index contributed by atoms with van der Waals surface area (Å²) in [4.78, 5) is 84.9. The third-order valence-electron chi connectivity index (χ3n) is 11.2. The number of anilines is 3. The molecule has 18 nitrogen and oxygen atoms in total. The minimum Gasteiger partial charge on any atom is -0.493 e. The number of hydrogen-bond donors (Lipinski definition) is 5. The van der Waals surface area contributed by atoms with Crippen LogP contribution in [-0.2, 0) is 31.0 Å². The highest BCUT2D eigenvalue weighted by Gasteiger charge is 2.46. The van der Waals surface area contributed by atoms with Gasteiger partial charge in [0.15, 0.2) is 0 Å². The number of carbonyl (C=O) groups is 6. The van der Waals surface area contributed by atoms with E-state index in [4.69, 9.17) is 4.74 Å². The zero-order chi connectivity index (χ0) is 43.1. The molecule has 4 aliphatic heterocycles. The number of fused-ring (bicyclic) bond motifs is 2. The van der Waals surface area contributed by atoms with Crippen LogP contribution in [0.25, 0.3) is 0 Å². The van der Waals surface area contributed by atoms with Crippen LogP contribution < -0.4 is 31.3 Å². The normalized spacial score (nSPS) is 18.1. The molecule has 1 atom stereocenters. The summed E-state index contributed by atoms with van der Waals surface area (Å²) in [6.07, 6.45) is 8.06. The number of aromatic nitrogens is 2. The van der Waals surface area contributed by atoms with Gasteiger partial charge in [-0.3, -0.25) is 39.0 Å². The van der Waals surface area contributed by atoms with Gasteiger partial charge in [-0.1, -0.05) is 43.9 Å². The monoisotopic (exact) mass is 921 g/mol. The molecular weight excluding hydrogens is 874 g/mol. The van der Waals surface area contributed by atoms with Crippen LogP contribution in [0.5, 0.6) is 5.75 Å². The highest BCUT2D eigenvalue weighted by Crippen LogP contribution is 2.34. The lowest BCUT2D eigenvalue weighted by atomic mass is 10.0. The van der Waals surface area contributed by atoms with E-state index in [1.54, 1.807) is 18.3 Å². The van der Waals surface area contributed by atoms with Crippen molar-refractivity contribution in [1.29, 1.82) is 0 Å². The summed E-state index contributed by atoms with van der Waals surface area (Å²) in [5, 5.41) is 14.3. The molecule has 0 saturated carbocycles. The number of hydrogen-bond acceptors (Lipinski definition) is 13. The van der Waals surface area contributed by atoms with Crippen molar-refractivity contribution >= 4 is 78.8 Å². The second kappa shape index (κ2) is 19.5. The van der Waals surface area contributed by atoms with Gasteiger partial charge in [-0.25, -0.2) is 17.7 Å². The molecule has 20 heteroatoms. The van der Waals surface area contributed by atoms with Crippen LogP contribution in [-0.4, -0.2) is 107 Å². The van der Waals surface area contributed by atoms with Gasteiger partial charge in [0, 0.05) is 51.3 Å². The van der Waals surface area contributed by atoms with Gasteiger partial charge in [0.2, 0.25) is 33.7 Å². The Labute approximate surface area is 361 Å². The molecule has 2 aromatic carbocycles. The topological polar surface area (TPSA) is 238 Å². The van der Waals surface area contributed by atoms with Crippen LogP contribution in [0.4, 0.5) is 17.5 Å². The Morgan fingerprint density at radius 3 is 2.46 bits per heavy atom. The molecule has 4 aliphatic rings. The van der Waals surface area contributed by atoms with E-state index in [1.165, 1.54) is 10.4 Å². The number of piperidine rings is 2. The first-order chi connectivity index (χ1) is 29.4. The van der Waals surface area contributed by atoms with Crippen molar-refractivity contribution in [1.82, 2.24) is 35.1 Å². The van der Waals surface area contributed by atoms with E-state index in [2.05, 4.69) is 52.5 Å². The van der Waals surface area contributed by atoms with Gasteiger partial charge in [0.25, 0.3) is 17.7 Å². The van der Waals surface area contributed by atoms with Crippen LogP contribution in [0.1, 0.15) is 107 Å². The van der Waals surface area contributed by atoms with E-state index in [0.717, 1.165) is 36.1 Å². The van der Waals surface area contributed by atoms with Gasteiger partial charge in [0.05, 0.1) is 39.2 Å². The van der Waals surface area contributed by atoms with Gasteiger partial charge < -0.3 is 26.0 Å². The number of ether oxygens (including phenoxy) is 1. The SMILES string of the molecule is O=C(CCCCCCCCOc1cccc2c1C(=O)N(C1CCC(=O)NC1=O)C2=O)NCCS(=O)(=O)N1CCC(Nc2ncc(Br)c(Nc3cccc4c3C(=O)NC4)n2)CC1. The van der Waals surface area contributed by atoms with Crippen molar-refractivity contribution in [3.8, 4) is 5.75 Å². The average Bonchev–Trinajstić information content (AvgIpc) is 3.74. The number of carbonyl (C=O) groups excluding carboxylic acids is 6. The van der Waals surface area contributed by atoms with Gasteiger partial charge in [-0.05, 0) is 71.8 Å². The van der Waals surface area contributed by atoms with Gasteiger partial charge in [-0.15, -0.1) is 0 Å². The summed E-state index contributed by atoms with van der Waals surface area (Å²) in [6.45, 7) is 1.50. The number of rotatable bonds is 19. The fourth-order valence-corrected chi connectivity index (χ4v) is 9.59. The fraction of sp³-hybridized carbons (Fsp3) is 0.463. The zero-order valence-electron chi connectivity index (χ0n) is 33.5. The molecule has 1 unspecified atom stereocenters. The standard InChI is InChI=1S/C41H48BrN9O9S/c42-28-24-45-41(49-36(28)47-29-11-7-9-25-23-44-38(55)34(25)29)46-26-16-19-50(20-17-26)61(58,59)22-18-43-32(52)13-5-3-1-2-4-6-21-60-31-12-8-10-27-35(31)40(57)51(39(27)56)30-14-15-33(53)48-37(30)54/h7-12,24,26,30H,1-6,13-23H2,(H,43,52)(H,44,55)(H,48,53,54)(H2,45,46,47,49). The molecule has 0 radical (unpaired) electrons. The van der Waals surface area contributed by atoms with Crippen LogP contribution in [0.15, 0.2) is 47.1 Å². The highest BCUT2D eigenvalue weighted by atomic mass is 79.9. The minimum atomic E-state index is -3.57. The Morgan fingerprint density at radius 1 is 0.918 bits per heavy atom. The molecule has 0 spiro atoms. The molecule has 0 aliphatic carbocycles. The summed E-state index contributed by atoms with van der Waals surface area (Å²) in [6, 6.07) is 9.28. The third-order valence-corrected chi connectivity index (χ3v) is 13.6. The van der Waals surface area contributed by atoms with Crippen LogP contribution in [0, 0.1) is 0 Å². The Morgan fingerprint density at radius 2 is 1.67 bits per heavy atom. The van der Waals surface area contributed by atoms with Crippen molar-refractivity contribution in [2.45, 2.75) is 89.3 Å². The molecule has 5 heterocycles. The largest absolute Gasteiger partial charge is 0.493 e. The average molecular weight is 923 g/mol. The van der Waals surface area contributed by atoms with E-state index in [-0.39, 0.29) is 59.9 Å². The first-order valence-corrected chi connectivity index (χ1v) is 23.0. The second-order valence-electron chi connectivity index (χ2n) is 15.4. The second-order valence-corrected chi connectivity index (χ2v) is 18.3. The number of unbranched alkanes of at least 4 members (excludes halogenated alkanes) is 5. The summed E-state index contributed by atoms with van der Waals surface area (Å²) >= 11 is 3.48. The molecule has 7 rings (SSSR count). The summed E-state index contributed by atoms with van der Waals surface area (Å²) < 4.78 is 34.1. The molecule has 6 amide bonds. The first-order valence-electron chi connectivity index (χ1n) is 20.6. The molecule has 61 heavy (non-hydrogen) atoms. The number of nitrogens with one attached hydrogen (secondary N) is 5. The van der Waals surface area contributed by atoms with Gasteiger partial charge >= 0.3 is 0 Å². The van der Waals surface area contributed by atoms with Crippen LogP contribution in [0.2, 0.25) is 0 Å². The van der Waals surface area contributed by atoms with Crippen molar-refractivity contribution in [3.63, 3.8) is 0 Å². The molecule has 0 bridgehead atoms. The predicted molar refractivity (Wildman–Crippen MR) is 227 cm³/mol. The van der Waals surface area contributed by atoms with Crippen LogP contribution in [0.3, 0.4) is 0 Å². The maximum Gasteiger partial charge on any atom is 0.266 e. The lowest BCUT2D eigenvalue weighted by Crippen LogP contribution is -2.54. The maximum absolute atomic E-state index is 13.2. The van der Waals surface area contributed by atoms with Gasteiger partial charge in [-0.2, -0.15) is 4.98 Å². The number of nitrogens with zero attached hydrogens (tertiary/aromatic N) is 4. The summed E-state index contributed by atoms with van der Waals surface area (Å²) in [5.74, 6) is -1.64. The smallest absolute Gasteiger partial charge is 0.266 e. The molecule has 2 fully saturated rings. The fourth-order valence-electron chi connectivity index (χ4n) is 7.91. The van der Waals surface area contributed by atoms with Crippen molar-refractivity contribution in [3.05, 3.63) is 69.3 Å². The number of sulfonamides is 1. The molecule has 2 saturated heterocycles. The highest BCUT2D eigenvalue weighted by molar-refractivity contribution is 9.10. The molecular formula is C41H48BrN9O9S. The minimum absolute atomic E-state index is 0.0352. The maximum atomic E-state index is 13.2. The lowest BCUT2D eigenvalue weighted by Gasteiger charge is -2.31. The molecule has 1 aromatic heterocycles. The predicted octanol–water partition coefficient (Wildman–Crippen LogP) is 3.76.